The largest absolute Gasteiger partial charge is 0.365 e. The van der Waals surface area contributed by atoms with Crippen molar-refractivity contribution in [2.24, 2.45) is 0 Å². The topological polar surface area (TPSA) is 58.6 Å². The number of rotatable bonds is 4. The SMILES string of the molecule is O=C(NCC1CN(c2ccccc2)C(=O)CO1)c1ccc(F)cc1. The molecule has 124 valence electrons. The lowest BCUT2D eigenvalue weighted by Crippen LogP contribution is -2.50. The molecule has 2 amide bonds. The van der Waals surface area contributed by atoms with Crippen molar-refractivity contribution in [3.05, 3.63) is 66.0 Å². The number of ether oxygens (including phenoxy) is 1. The fourth-order valence-corrected chi connectivity index (χ4v) is 2.52. The molecule has 1 saturated heterocycles. The zero-order valence-corrected chi connectivity index (χ0v) is 12.9. The number of amides is 2. The van der Waals surface area contributed by atoms with E-state index in [1.165, 1.54) is 24.3 Å². The summed E-state index contributed by atoms with van der Waals surface area (Å²) in [6, 6.07) is 14.7. The van der Waals surface area contributed by atoms with Crippen molar-refractivity contribution in [3.63, 3.8) is 0 Å². The van der Waals surface area contributed by atoms with Crippen LogP contribution in [0.15, 0.2) is 54.6 Å². The molecule has 2 aromatic rings. The third kappa shape index (κ3) is 3.78. The van der Waals surface area contributed by atoms with E-state index in [0.717, 1.165) is 5.69 Å². The van der Waals surface area contributed by atoms with Crippen LogP contribution in [0.4, 0.5) is 10.1 Å². The lowest BCUT2D eigenvalue weighted by atomic mass is 10.2. The van der Waals surface area contributed by atoms with Gasteiger partial charge >= 0.3 is 0 Å². The van der Waals surface area contributed by atoms with Crippen LogP contribution < -0.4 is 10.2 Å². The number of nitrogens with zero attached hydrogens (tertiary/aromatic N) is 1. The first-order valence-corrected chi connectivity index (χ1v) is 7.64. The normalized spacial score (nSPS) is 17.6. The molecular formula is C18H17FN2O3. The molecule has 5 nitrogen and oxygen atoms in total. The fraction of sp³-hybridized carbons (Fsp3) is 0.222. The average Bonchev–Trinajstić information content (AvgIpc) is 2.62. The van der Waals surface area contributed by atoms with Crippen LogP contribution in [0.3, 0.4) is 0 Å². The summed E-state index contributed by atoms with van der Waals surface area (Å²) in [5.41, 5.74) is 1.18. The predicted octanol–water partition coefficient (Wildman–Crippen LogP) is 1.99. The second-order valence-electron chi connectivity index (χ2n) is 5.49. The van der Waals surface area contributed by atoms with Crippen molar-refractivity contribution in [1.29, 1.82) is 0 Å². The first-order valence-electron chi connectivity index (χ1n) is 7.64. The van der Waals surface area contributed by atoms with Gasteiger partial charge in [-0.15, -0.1) is 0 Å². The summed E-state index contributed by atoms with van der Waals surface area (Å²) < 4.78 is 18.4. The van der Waals surface area contributed by atoms with E-state index >= 15 is 0 Å². The minimum absolute atomic E-state index is 0.0218. The molecule has 1 heterocycles. The quantitative estimate of drug-likeness (QED) is 0.934. The highest BCUT2D eigenvalue weighted by molar-refractivity contribution is 5.95. The zero-order chi connectivity index (χ0) is 16.9. The third-order valence-electron chi connectivity index (χ3n) is 3.79. The van der Waals surface area contributed by atoms with Gasteiger partial charge in [-0.05, 0) is 36.4 Å². The zero-order valence-electron chi connectivity index (χ0n) is 12.9. The van der Waals surface area contributed by atoms with Gasteiger partial charge in [0.15, 0.2) is 0 Å². The van der Waals surface area contributed by atoms with Crippen LogP contribution in [0.5, 0.6) is 0 Å². The molecule has 1 unspecified atom stereocenters. The van der Waals surface area contributed by atoms with E-state index in [4.69, 9.17) is 4.74 Å². The Labute approximate surface area is 139 Å². The number of halogens is 1. The summed E-state index contributed by atoms with van der Waals surface area (Å²) >= 11 is 0. The Hall–Kier alpha value is -2.73. The van der Waals surface area contributed by atoms with E-state index in [-0.39, 0.29) is 36.9 Å². The molecule has 1 fully saturated rings. The van der Waals surface area contributed by atoms with Crippen molar-refractivity contribution >= 4 is 17.5 Å². The van der Waals surface area contributed by atoms with E-state index < -0.39 is 0 Å². The summed E-state index contributed by atoms with van der Waals surface area (Å²) in [7, 11) is 0. The summed E-state index contributed by atoms with van der Waals surface area (Å²) in [6.45, 7) is 0.616. The van der Waals surface area contributed by atoms with Gasteiger partial charge in [-0.3, -0.25) is 9.59 Å². The highest BCUT2D eigenvalue weighted by atomic mass is 19.1. The fourth-order valence-electron chi connectivity index (χ4n) is 2.52. The molecule has 24 heavy (non-hydrogen) atoms. The van der Waals surface area contributed by atoms with Gasteiger partial charge in [0.25, 0.3) is 11.8 Å². The number of para-hydroxylation sites is 1. The maximum atomic E-state index is 12.9. The Kier molecular flexibility index (Phi) is 4.86. The van der Waals surface area contributed by atoms with Gasteiger partial charge < -0.3 is 15.0 Å². The lowest BCUT2D eigenvalue weighted by molar-refractivity contribution is -0.129. The number of benzene rings is 2. The molecule has 1 aliphatic rings. The molecule has 1 N–H and O–H groups in total. The van der Waals surface area contributed by atoms with Gasteiger partial charge in [0.05, 0.1) is 12.6 Å². The number of carbonyl (C=O) groups excluding carboxylic acids is 2. The van der Waals surface area contributed by atoms with Gasteiger partial charge in [-0.25, -0.2) is 4.39 Å². The van der Waals surface area contributed by atoms with Gasteiger partial charge in [-0.2, -0.15) is 0 Å². The van der Waals surface area contributed by atoms with E-state index in [1.54, 1.807) is 4.90 Å². The monoisotopic (exact) mass is 328 g/mol. The highest BCUT2D eigenvalue weighted by Gasteiger charge is 2.27. The maximum absolute atomic E-state index is 12.9. The first kappa shape index (κ1) is 16.1. The minimum atomic E-state index is -0.390. The van der Waals surface area contributed by atoms with Crippen molar-refractivity contribution in [2.75, 3.05) is 24.6 Å². The second-order valence-corrected chi connectivity index (χ2v) is 5.49. The Morgan fingerprint density at radius 3 is 2.58 bits per heavy atom. The van der Waals surface area contributed by atoms with Crippen LogP contribution in [0.2, 0.25) is 0 Å². The van der Waals surface area contributed by atoms with E-state index in [2.05, 4.69) is 5.32 Å². The maximum Gasteiger partial charge on any atom is 0.253 e. The average molecular weight is 328 g/mol. The third-order valence-corrected chi connectivity index (χ3v) is 3.79. The Morgan fingerprint density at radius 1 is 1.17 bits per heavy atom. The van der Waals surface area contributed by atoms with Crippen LogP contribution in [-0.2, 0) is 9.53 Å². The summed E-state index contributed by atoms with van der Waals surface area (Å²) in [4.78, 5) is 25.7. The molecule has 1 atom stereocenters. The van der Waals surface area contributed by atoms with Crippen LogP contribution >= 0.6 is 0 Å². The van der Waals surface area contributed by atoms with E-state index in [0.29, 0.717) is 12.1 Å². The molecule has 0 saturated carbocycles. The number of hydrogen-bond acceptors (Lipinski definition) is 3. The van der Waals surface area contributed by atoms with Gasteiger partial charge in [-0.1, -0.05) is 18.2 Å². The van der Waals surface area contributed by atoms with E-state index in [9.17, 15) is 14.0 Å². The standard InChI is InChI=1S/C18H17FN2O3/c19-14-8-6-13(7-9-14)18(23)20-10-16-11-21(17(22)12-24-16)15-4-2-1-3-5-15/h1-9,16H,10-12H2,(H,20,23). The number of anilines is 1. The molecule has 2 aromatic carbocycles. The lowest BCUT2D eigenvalue weighted by Gasteiger charge is -2.32. The van der Waals surface area contributed by atoms with Gasteiger partial charge in [0.1, 0.15) is 12.4 Å². The molecule has 0 spiro atoms. The Morgan fingerprint density at radius 2 is 1.88 bits per heavy atom. The van der Waals surface area contributed by atoms with Crippen LogP contribution in [0.25, 0.3) is 0 Å². The molecule has 0 aromatic heterocycles. The number of carbonyl (C=O) groups is 2. The van der Waals surface area contributed by atoms with Gasteiger partial charge in [0, 0.05) is 17.8 Å². The number of nitrogens with one attached hydrogen (secondary N) is 1. The summed E-state index contributed by atoms with van der Waals surface area (Å²) in [5.74, 6) is -0.803. The van der Waals surface area contributed by atoms with Crippen molar-refractivity contribution in [1.82, 2.24) is 5.32 Å². The van der Waals surface area contributed by atoms with Crippen molar-refractivity contribution < 1.29 is 18.7 Å². The van der Waals surface area contributed by atoms with Crippen molar-refractivity contribution in [3.8, 4) is 0 Å². The van der Waals surface area contributed by atoms with Crippen LogP contribution in [0.1, 0.15) is 10.4 Å². The summed E-state index contributed by atoms with van der Waals surface area (Å²) in [5, 5.41) is 2.75. The molecule has 0 radical (unpaired) electrons. The second kappa shape index (κ2) is 7.23. The minimum Gasteiger partial charge on any atom is -0.365 e. The smallest absolute Gasteiger partial charge is 0.253 e. The van der Waals surface area contributed by atoms with Crippen LogP contribution in [-0.4, -0.2) is 37.6 Å². The van der Waals surface area contributed by atoms with Crippen molar-refractivity contribution in [2.45, 2.75) is 6.10 Å². The van der Waals surface area contributed by atoms with Crippen LogP contribution in [0, 0.1) is 5.82 Å². The molecule has 6 heteroatoms. The predicted molar refractivity (Wildman–Crippen MR) is 87.3 cm³/mol. The Bertz CT molecular complexity index is 719. The molecule has 0 bridgehead atoms. The number of hydrogen-bond donors (Lipinski definition) is 1. The summed E-state index contributed by atoms with van der Waals surface area (Å²) in [6.07, 6.45) is -0.299. The number of morpholine rings is 1. The first-order chi connectivity index (χ1) is 11.6. The highest BCUT2D eigenvalue weighted by Crippen LogP contribution is 2.17. The molecular weight excluding hydrogens is 311 g/mol. The van der Waals surface area contributed by atoms with Gasteiger partial charge in [0.2, 0.25) is 0 Å². The molecule has 0 aliphatic carbocycles. The molecule has 3 rings (SSSR count). The molecule has 1 aliphatic heterocycles. The van der Waals surface area contributed by atoms with E-state index in [1.807, 2.05) is 30.3 Å². The Balaban J connectivity index is 1.58.